The van der Waals surface area contributed by atoms with Gasteiger partial charge in [0.15, 0.2) is 0 Å². The van der Waals surface area contributed by atoms with Gasteiger partial charge in [-0.3, -0.25) is 0 Å². The average Bonchev–Trinajstić information content (AvgIpc) is 2.42. The Morgan fingerprint density at radius 1 is 1.62 bits per heavy atom. The highest BCUT2D eigenvalue weighted by atomic mass is 16.6. The van der Waals surface area contributed by atoms with Crippen LogP contribution in [0.3, 0.4) is 0 Å². The van der Waals surface area contributed by atoms with Gasteiger partial charge in [0.25, 0.3) is 0 Å². The van der Waals surface area contributed by atoms with Gasteiger partial charge in [0.2, 0.25) is 0 Å². The summed E-state index contributed by atoms with van der Waals surface area (Å²) in [6.07, 6.45) is 2.83. The van der Waals surface area contributed by atoms with E-state index in [0.29, 0.717) is 18.8 Å². The zero-order chi connectivity index (χ0) is 5.98. The van der Waals surface area contributed by atoms with Gasteiger partial charge in [-0.05, 0) is 19.8 Å². The van der Waals surface area contributed by atoms with Crippen molar-refractivity contribution >= 4 is 0 Å². The van der Waals surface area contributed by atoms with Gasteiger partial charge in [0.1, 0.15) is 0 Å². The van der Waals surface area contributed by atoms with Gasteiger partial charge in [-0.2, -0.15) is 0 Å². The van der Waals surface area contributed by atoms with E-state index in [0.717, 1.165) is 12.8 Å². The maximum Gasteiger partial charge on any atom is 0.0839 e. The van der Waals surface area contributed by atoms with Crippen molar-refractivity contribution in [3.05, 3.63) is 0 Å². The predicted octanol–water partition coefficient (Wildman–Crippen LogP) is 0.546. The maximum atomic E-state index is 8.37. The fraction of sp³-hybridized carbons (Fsp3) is 1.00. The summed E-state index contributed by atoms with van der Waals surface area (Å²) >= 11 is 0. The molecule has 1 aliphatic rings. The Bertz CT molecular complexity index is 72.9. The van der Waals surface area contributed by atoms with E-state index in [2.05, 4.69) is 6.92 Å². The van der Waals surface area contributed by atoms with Gasteiger partial charge in [-0.1, -0.05) is 0 Å². The van der Waals surface area contributed by atoms with Crippen molar-refractivity contribution in [2.45, 2.75) is 32.0 Å². The van der Waals surface area contributed by atoms with E-state index in [9.17, 15) is 0 Å². The van der Waals surface area contributed by atoms with Gasteiger partial charge in [0.05, 0.1) is 12.2 Å². The smallest absolute Gasteiger partial charge is 0.0839 e. The Morgan fingerprint density at radius 3 is 2.62 bits per heavy atom. The molecule has 48 valence electrons. The molecule has 0 aromatic rings. The van der Waals surface area contributed by atoms with Crippen molar-refractivity contribution in [1.29, 1.82) is 0 Å². The van der Waals surface area contributed by atoms with Crippen molar-refractivity contribution in [3.63, 3.8) is 0 Å². The molecule has 0 saturated carbocycles. The first kappa shape index (κ1) is 6.05. The minimum Gasteiger partial charge on any atom is -0.396 e. The lowest BCUT2D eigenvalue weighted by Gasteiger charge is -1.87. The quantitative estimate of drug-likeness (QED) is 0.546. The Hall–Kier alpha value is -0.0800. The molecule has 1 N–H and O–H groups in total. The second kappa shape index (κ2) is 2.46. The highest BCUT2D eigenvalue weighted by molar-refractivity contribution is 4.79. The molecule has 0 amide bonds. The van der Waals surface area contributed by atoms with E-state index in [-0.39, 0.29) is 0 Å². The summed E-state index contributed by atoms with van der Waals surface area (Å²) in [6, 6.07) is 0. The molecule has 0 radical (unpaired) electrons. The average molecular weight is 116 g/mol. The van der Waals surface area contributed by atoms with Crippen molar-refractivity contribution in [2.75, 3.05) is 6.61 Å². The van der Waals surface area contributed by atoms with Crippen molar-refractivity contribution in [2.24, 2.45) is 0 Å². The van der Waals surface area contributed by atoms with Crippen LogP contribution in [0.4, 0.5) is 0 Å². The summed E-state index contributed by atoms with van der Waals surface area (Å²) in [5.41, 5.74) is 0. The lowest BCUT2D eigenvalue weighted by molar-refractivity contribution is 0.273. The van der Waals surface area contributed by atoms with E-state index >= 15 is 0 Å². The van der Waals surface area contributed by atoms with Crippen LogP contribution in [0.15, 0.2) is 0 Å². The van der Waals surface area contributed by atoms with Crippen LogP contribution in [0.5, 0.6) is 0 Å². The van der Waals surface area contributed by atoms with Crippen molar-refractivity contribution in [3.8, 4) is 0 Å². The standard InChI is InChI=1S/C6H12O2/c1-5-6(8-5)3-2-4-7/h5-7H,2-4H2,1H3/t5-,6-/m0/s1. The molecule has 1 rings (SSSR count). The molecule has 1 aliphatic heterocycles. The monoisotopic (exact) mass is 116 g/mol. The molecule has 0 spiro atoms. The van der Waals surface area contributed by atoms with Crippen LogP contribution in [0.2, 0.25) is 0 Å². The topological polar surface area (TPSA) is 32.8 Å². The molecule has 1 heterocycles. The zero-order valence-corrected chi connectivity index (χ0v) is 5.13. The van der Waals surface area contributed by atoms with Crippen LogP contribution in [0.25, 0.3) is 0 Å². The molecule has 0 unspecified atom stereocenters. The van der Waals surface area contributed by atoms with Gasteiger partial charge < -0.3 is 9.84 Å². The number of ether oxygens (including phenoxy) is 1. The van der Waals surface area contributed by atoms with Crippen molar-refractivity contribution in [1.82, 2.24) is 0 Å². The number of epoxide rings is 1. The van der Waals surface area contributed by atoms with E-state index in [4.69, 9.17) is 9.84 Å². The number of hydrogen-bond donors (Lipinski definition) is 1. The van der Waals surface area contributed by atoms with Crippen molar-refractivity contribution < 1.29 is 9.84 Å². The molecule has 2 atom stereocenters. The minimum atomic E-state index is 0.298. The van der Waals surface area contributed by atoms with Gasteiger partial charge >= 0.3 is 0 Å². The summed E-state index contributed by atoms with van der Waals surface area (Å²) in [5, 5.41) is 8.37. The second-order valence-corrected chi connectivity index (χ2v) is 2.25. The SMILES string of the molecule is C[C@@H]1O[C@H]1CCCO. The van der Waals surface area contributed by atoms with E-state index in [1.807, 2.05) is 0 Å². The number of aliphatic hydroxyl groups excluding tert-OH is 1. The van der Waals surface area contributed by atoms with Crippen LogP contribution < -0.4 is 0 Å². The molecule has 1 saturated heterocycles. The molecule has 0 bridgehead atoms. The van der Waals surface area contributed by atoms with Gasteiger partial charge in [0, 0.05) is 6.61 Å². The largest absolute Gasteiger partial charge is 0.396 e. The molecule has 2 nitrogen and oxygen atoms in total. The molecule has 0 aromatic carbocycles. The third kappa shape index (κ3) is 1.46. The van der Waals surface area contributed by atoms with Gasteiger partial charge in [-0.15, -0.1) is 0 Å². The number of hydrogen-bond acceptors (Lipinski definition) is 2. The number of rotatable bonds is 3. The Kier molecular flexibility index (Phi) is 1.86. The first-order valence-corrected chi connectivity index (χ1v) is 3.11. The lowest BCUT2D eigenvalue weighted by Crippen LogP contribution is -1.91. The summed E-state index contributed by atoms with van der Waals surface area (Å²) in [5.74, 6) is 0. The molecular weight excluding hydrogens is 104 g/mol. The Morgan fingerprint density at radius 2 is 2.25 bits per heavy atom. The van der Waals surface area contributed by atoms with Crippen LogP contribution in [0, 0.1) is 0 Å². The summed E-state index contributed by atoms with van der Waals surface area (Å²) < 4.78 is 5.11. The van der Waals surface area contributed by atoms with Crippen LogP contribution in [-0.2, 0) is 4.74 Å². The lowest BCUT2D eigenvalue weighted by atomic mass is 10.2. The third-order valence-electron chi connectivity index (χ3n) is 1.48. The summed E-state index contributed by atoms with van der Waals surface area (Å²) in [4.78, 5) is 0. The fourth-order valence-electron chi connectivity index (χ4n) is 0.826. The molecule has 8 heavy (non-hydrogen) atoms. The van der Waals surface area contributed by atoms with Gasteiger partial charge in [-0.25, -0.2) is 0 Å². The molecular formula is C6H12O2. The highest BCUT2D eigenvalue weighted by Crippen LogP contribution is 2.24. The van der Waals surface area contributed by atoms with Crippen LogP contribution in [-0.4, -0.2) is 23.9 Å². The number of aliphatic hydroxyl groups is 1. The molecule has 1 fully saturated rings. The second-order valence-electron chi connectivity index (χ2n) is 2.25. The Balaban J connectivity index is 1.89. The molecule has 0 aromatic heterocycles. The van der Waals surface area contributed by atoms with E-state index < -0.39 is 0 Å². The fourth-order valence-corrected chi connectivity index (χ4v) is 0.826. The first-order valence-electron chi connectivity index (χ1n) is 3.11. The van der Waals surface area contributed by atoms with Crippen LogP contribution >= 0.6 is 0 Å². The summed E-state index contributed by atoms with van der Waals surface area (Å²) in [7, 11) is 0. The third-order valence-corrected chi connectivity index (χ3v) is 1.48. The summed E-state index contributed by atoms with van der Waals surface area (Å²) in [6.45, 7) is 2.36. The minimum absolute atomic E-state index is 0.298. The van der Waals surface area contributed by atoms with E-state index in [1.165, 1.54) is 0 Å². The molecule has 0 aliphatic carbocycles. The maximum absolute atomic E-state index is 8.37. The first-order chi connectivity index (χ1) is 3.84. The zero-order valence-electron chi connectivity index (χ0n) is 5.13. The Labute approximate surface area is 49.5 Å². The molecule has 2 heteroatoms. The normalized spacial score (nSPS) is 35.2. The highest BCUT2D eigenvalue weighted by Gasteiger charge is 2.32. The van der Waals surface area contributed by atoms with Crippen LogP contribution in [0.1, 0.15) is 19.8 Å². The predicted molar refractivity (Wildman–Crippen MR) is 30.7 cm³/mol. The van der Waals surface area contributed by atoms with E-state index in [1.54, 1.807) is 0 Å².